The molecule has 10 nitrogen and oxygen atoms in total. The lowest BCUT2D eigenvalue weighted by molar-refractivity contribution is -0.386. The maximum Gasteiger partial charge on any atom is 0.312 e. The molecular formula is C13H18N6O4. The second-order valence-corrected chi connectivity index (χ2v) is 5.07. The zero-order chi connectivity index (χ0) is 17.1. The van der Waals surface area contributed by atoms with Gasteiger partial charge in [0.2, 0.25) is 5.91 Å². The van der Waals surface area contributed by atoms with Gasteiger partial charge in [-0.1, -0.05) is 0 Å². The van der Waals surface area contributed by atoms with E-state index in [1.165, 1.54) is 22.7 Å². The fourth-order valence-electron chi connectivity index (χ4n) is 2.28. The lowest BCUT2D eigenvalue weighted by Crippen LogP contribution is -2.25. The Morgan fingerprint density at radius 1 is 1.52 bits per heavy atom. The van der Waals surface area contributed by atoms with Crippen LogP contribution in [0.5, 0.6) is 0 Å². The fraction of sp³-hybridized carbons (Fsp3) is 0.462. The number of aromatic nitrogens is 4. The van der Waals surface area contributed by atoms with Crippen molar-refractivity contribution in [3.8, 4) is 0 Å². The van der Waals surface area contributed by atoms with Gasteiger partial charge in [0.15, 0.2) is 0 Å². The summed E-state index contributed by atoms with van der Waals surface area (Å²) in [5.41, 5.74) is 1.05. The maximum atomic E-state index is 12.3. The molecule has 0 aliphatic rings. The highest BCUT2D eigenvalue weighted by Crippen LogP contribution is 2.25. The van der Waals surface area contributed by atoms with Crippen LogP contribution in [-0.2, 0) is 16.3 Å². The van der Waals surface area contributed by atoms with Gasteiger partial charge in [-0.05, 0) is 20.8 Å². The summed E-state index contributed by atoms with van der Waals surface area (Å²) in [5, 5.41) is 21.8. The van der Waals surface area contributed by atoms with Crippen LogP contribution in [0.3, 0.4) is 0 Å². The van der Waals surface area contributed by atoms with Gasteiger partial charge in [-0.15, -0.1) is 0 Å². The van der Waals surface area contributed by atoms with Gasteiger partial charge in [0.1, 0.15) is 24.2 Å². The Morgan fingerprint density at radius 2 is 2.22 bits per heavy atom. The number of rotatable bonds is 6. The third-order valence-corrected chi connectivity index (χ3v) is 3.38. The van der Waals surface area contributed by atoms with Crippen LogP contribution in [0, 0.1) is 24.0 Å². The quantitative estimate of drug-likeness (QED) is 0.634. The molecule has 23 heavy (non-hydrogen) atoms. The molecule has 10 heteroatoms. The second-order valence-electron chi connectivity index (χ2n) is 5.07. The van der Waals surface area contributed by atoms with Gasteiger partial charge in [-0.3, -0.25) is 19.6 Å². The van der Waals surface area contributed by atoms with Gasteiger partial charge in [0, 0.05) is 7.11 Å². The van der Waals surface area contributed by atoms with E-state index in [0.717, 1.165) is 0 Å². The van der Waals surface area contributed by atoms with Gasteiger partial charge in [-0.25, -0.2) is 4.68 Å². The Balaban J connectivity index is 2.16. The molecule has 1 unspecified atom stereocenters. The van der Waals surface area contributed by atoms with Crippen molar-refractivity contribution in [1.29, 1.82) is 0 Å². The number of hydrogen-bond acceptors (Lipinski definition) is 6. The van der Waals surface area contributed by atoms with E-state index >= 15 is 0 Å². The maximum absolute atomic E-state index is 12.3. The highest BCUT2D eigenvalue weighted by Gasteiger charge is 2.27. The number of aryl methyl sites for hydroxylation is 1. The van der Waals surface area contributed by atoms with Gasteiger partial charge in [0.25, 0.3) is 0 Å². The molecule has 0 bridgehead atoms. The van der Waals surface area contributed by atoms with Crippen molar-refractivity contribution < 1.29 is 14.5 Å². The summed E-state index contributed by atoms with van der Waals surface area (Å²) >= 11 is 0. The SMILES string of the molecule is COCn1cc(NC(=O)C(C)n2nc(C)c([N+](=O)[O-])c2C)cn1. The van der Waals surface area contributed by atoms with E-state index in [-0.39, 0.29) is 24.0 Å². The van der Waals surface area contributed by atoms with E-state index in [1.54, 1.807) is 27.0 Å². The monoisotopic (exact) mass is 322 g/mol. The Bertz CT molecular complexity index is 735. The predicted molar refractivity (Wildman–Crippen MR) is 80.9 cm³/mol. The highest BCUT2D eigenvalue weighted by molar-refractivity contribution is 5.93. The molecule has 0 aromatic carbocycles. The summed E-state index contributed by atoms with van der Waals surface area (Å²) in [6.45, 7) is 5.01. The number of hydrogen-bond donors (Lipinski definition) is 1. The van der Waals surface area contributed by atoms with Crippen LogP contribution in [0.15, 0.2) is 12.4 Å². The van der Waals surface area contributed by atoms with E-state index in [0.29, 0.717) is 11.4 Å². The first kappa shape index (κ1) is 16.6. The van der Waals surface area contributed by atoms with Crippen LogP contribution < -0.4 is 5.32 Å². The van der Waals surface area contributed by atoms with Crippen LogP contribution >= 0.6 is 0 Å². The van der Waals surface area contributed by atoms with E-state index in [9.17, 15) is 14.9 Å². The molecule has 1 amide bonds. The van der Waals surface area contributed by atoms with Crippen molar-refractivity contribution in [3.63, 3.8) is 0 Å². The van der Waals surface area contributed by atoms with Crippen LogP contribution in [0.4, 0.5) is 11.4 Å². The molecular weight excluding hydrogens is 304 g/mol. The van der Waals surface area contributed by atoms with Crippen molar-refractivity contribution in [2.24, 2.45) is 0 Å². The van der Waals surface area contributed by atoms with Crippen molar-refractivity contribution in [2.45, 2.75) is 33.5 Å². The molecule has 1 atom stereocenters. The van der Waals surface area contributed by atoms with E-state index in [1.807, 2.05) is 0 Å². The van der Waals surface area contributed by atoms with Crippen LogP contribution in [0.25, 0.3) is 0 Å². The third-order valence-electron chi connectivity index (χ3n) is 3.38. The normalized spacial score (nSPS) is 12.2. The minimum absolute atomic E-state index is 0.0717. The van der Waals surface area contributed by atoms with Crippen LogP contribution in [-0.4, -0.2) is 37.5 Å². The molecule has 2 rings (SSSR count). The van der Waals surface area contributed by atoms with E-state index < -0.39 is 11.0 Å². The lowest BCUT2D eigenvalue weighted by atomic mass is 10.2. The molecule has 2 aromatic heterocycles. The minimum atomic E-state index is -0.701. The first-order valence-corrected chi connectivity index (χ1v) is 6.87. The molecule has 0 radical (unpaired) electrons. The molecule has 0 fully saturated rings. The number of nitrogens with one attached hydrogen (secondary N) is 1. The number of carbonyl (C=O) groups is 1. The van der Waals surface area contributed by atoms with Gasteiger partial charge in [0.05, 0.1) is 23.0 Å². The standard InChI is InChI=1S/C13H18N6O4/c1-8-12(19(21)22)9(2)18(16-8)10(3)13(20)15-11-5-14-17(6-11)7-23-4/h5-6,10H,7H2,1-4H3,(H,15,20). The van der Waals surface area contributed by atoms with Crippen LogP contribution in [0.2, 0.25) is 0 Å². The predicted octanol–water partition coefficient (Wildman–Crippen LogP) is 1.41. The average molecular weight is 322 g/mol. The Morgan fingerprint density at radius 3 is 2.78 bits per heavy atom. The number of carbonyl (C=O) groups excluding carboxylic acids is 1. The first-order chi connectivity index (χ1) is 10.8. The zero-order valence-electron chi connectivity index (χ0n) is 13.3. The van der Waals surface area contributed by atoms with Gasteiger partial charge >= 0.3 is 5.69 Å². The van der Waals surface area contributed by atoms with E-state index in [2.05, 4.69) is 15.5 Å². The molecule has 2 heterocycles. The third kappa shape index (κ3) is 3.37. The molecule has 0 aliphatic carbocycles. The molecule has 0 saturated carbocycles. The summed E-state index contributed by atoms with van der Waals surface area (Å²) in [7, 11) is 1.54. The number of ether oxygens (including phenoxy) is 1. The van der Waals surface area contributed by atoms with Crippen molar-refractivity contribution in [1.82, 2.24) is 19.6 Å². The number of nitro groups is 1. The Kier molecular flexibility index (Phi) is 4.74. The number of anilines is 1. The van der Waals surface area contributed by atoms with Crippen LogP contribution in [0.1, 0.15) is 24.4 Å². The summed E-state index contributed by atoms with van der Waals surface area (Å²) in [6.07, 6.45) is 3.12. The van der Waals surface area contributed by atoms with Crippen molar-refractivity contribution >= 4 is 17.3 Å². The molecule has 0 spiro atoms. The summed E-state index contributed by atoms with van der Waals surface area (Å²) < 4.78 is 7.80. The fourth-order valence-corrected chi connectivity index (χ4v) is 2.28. The summed E-state index contributed by atoms with van der Waals surface area (Å²) in [4.78, 5) is 22.9. The largest absolute Gasteiger partial charge is 0.362 e. The molecule has 1 N–H and O–H groups in total. The van der Waals surface area contributed by atoms with Gasteiger partial charge < -0.3 is 10.1 Å². The lowest BCUT2D eigenvalue weighted by Gasteiger charge is -2.13. The first-order valence-electron chi connectivity index (χ1n) is 6.87. The number of nitrogens with zero attached hydrogens (tertiary/aromatic N) is 5. The summed E-state index contributed by atoms with van der Waals surface area (Å²) in [6, 6.07) is -0.701. The molecule has 124 valence electrons. The number of methoxy groups -OCH3 is 1. The Hall–Kier alpha value is -2.75. The molecule has 0 saturated heterocycles. The summed E-state index contributed by atoms with van der Waals surface area (Å²) in [5.74, 6) is -0.345. The topological polar surface area (TPSA) is 117 Å². The Labute approximate surface area is 132 Å². The van der Waals surface area contributed by atoms with Crippen molar-refractivity contribution in [3.05, 3.63) is 33.9 Å². The van der Waals surface area contributed by atoms with Gasteiger partial charge in [-0.2, -0.15) is 10.2 Å². The highest BCUT2D eigenvalue weighted by atomic mass is 16.6. The second kappa shape index (κ2) is 6.57. The smallest absolute Gasteiger partial charge is 0.312 e. The average Bonchev–Trinajstić information content (AvgIpc) is 3.02. The van der Waals surface area contributed by atoms with E-state index in [4.69, 9.17) is 4.74 Å². The minimum Gasteiger partial charge on any atom is -0.362 e. The molecule has 0 aliphatic heterocycles. The molecule has 2 aromatic rings. The number of amides is 1. The van der Waals surface area contributed by atoms with Crippen molar-refractivity contribution in [2.75, 3.05) is 12.4 Å². The zero-order valence-corrected chi connectivity index (χ0v) is 13.3.